The van der Waals surface area contributed by atoms with Crippen LogP contribution in [0.2, 0.25) is 0 Å². The molecule has 1 N–H and O–H groups in total. The lowest BCUT2D eigenvalue weighted by atomic mass is 10.2. The zero-order valence-electron chi connectivity index (χ0n) is 13.7. The van der Waals surface area contributed by atoms with Crippen molar-refractivity contribution in [3.63, 3.8) is 0 Å². The summed E-state index contributed by atoms with van der Waals surface area (Å²) in [6.07, 6.45) is 1.67. The maximum absolute atomic E-state index is 12.5. The van der Waals surface area contributed by atoms with Crippen molar-refractivity contribution in [2.24, 2.45) is 0 Å². The van der Waals surface area contributed by atoms with Gasteiger partial charge in [-0.2, -0.15) is 0 Å². The molecule has 2 aromatic carbocycles. The minimum Gasteiger partial charge on any atom is -0.422 e. The number of nitrogens with zero attached hydrogens (tertiary/aromatic N) is 1. The maximum atomic E-state index is 12.5. The van der Waals surface area contributed by atoms with E-state index in [0.717, 1.165) is 11.1 Å². The Balaban J connectivity index is 2.04. The monoisotopic (exact) mass is 340 g/mol. The van der Waals surface area contributed by atoms with E-state index in [1.54, 1.807) is 18.3 Å². The van der Waals surface area contributed by atoms with Gasteiger partial charge < -0.3 is 14.6 Å². The third-order valence-electron chi connectivity index (χ3n) is 3.69. The molecule has 128 valence electrons. The summed E-state index contributed by atoms with van der Waals surface area (Å²) < 4.78 is 19.6. The van der Waals surface area contributed by atoms with E-state index < -0.39 is 12.6 Å². The highest BCUT2D eigenvalue weighted by atomic mass is 19.1. The van der Waals surface area contributed by atoms with Gasteiger partial charge in [-0.3, -0.25) is 4.79 Å². The molecule has 0 fully saturated rings. The van der Waals surface area contributed by atoms with Gasteiger partial charge in [0.1, 0.15) is 0 Å². The Labute approximate surface area is 144 Å². The number of halogens is 1. The summed E-state index contributed by atoms with van der Waals surface area (Å²) in [5, 5.41) is 3.32. The first-order valence-corrected chi connectivity index (χ1v) is 7.78. The summed E-state index contributed by atoms with van der Waals surface area (Å²) in [4.78, 5) is 22.6. The van der Waals surface area contributed by atoms with Gasteiger partial charge in [-0.25, -0.2) is 9.18 Å². The van der Waals surface area contributed by atoms with Crippen LogP contribution in [0.3, 0.4) is 0 Å². The zero-order chi connectivity index (χ0) is 17.8. The second kappa shape index (κ2) is 7.17. The van der Waals surface area contributed by atoms with Crippen molar-refractivity contribution in [3.8, 4) is 5.75 Å². The molecule has 0 bridgehead atoms. The first kappa shape index (κ1) is 16.7. The molecule has 3 rings (SSSR count). The molecule has 0 saturated carbocycles. The van der Waals surface area contributed by atoms with Gasteiger partial charge in [0.2, 0.25) is 5.91 Å². The molecule has 0 atom stereocenters. The Kier molecular flexibility index (Phi) is 4.79. The third kappa shape index (κ3) is 3.85. The molecule has 0 saturated heterocycles. The zero-order valence-corrected chi connectivity index (χ0v) is 13.7. The van der Waals surface area contributed by atoms with Gasteiger partial charge in [-0.15, -0.1) is 0 Å². The summed E-state index contributed by atoms with van der Waals surface area (Å²) in [6, 6.07) is 15.1. The standard InChI is InChI=1S/C19H17FN2O3/c1-13(23)21-15-7-8-17-16(9-15)18(25-19(24)10-20)12-22(17)11-14-5-3-2-4-6-14/h2-9,12H,10-11H2,1H3,(H,21,23). The van der Waals surface area contributed by atoms with E-state index in [9.17, 15) is 14.0 Å². The molecule has 0 aliphatic carbocycles. The lowest BCUT2D eigenvalue weighted by Gasteiger charge is -2.06. The van der Waals surface area contributed by atoms with Crippen molar-refractivity contribution < 1.29 is 18.7 Å². The number of rotatable bonds is 5. The number of amides is 1. The fourth-order valence-corrected chi connectivity index (χ4v) is 2.69. The van der Waals surface area contributed by atoms with Crippen LogP contribution in [0.4, 0.5) is 10.1 Å². The first-order valence-electron chi connectivity index (χ1n) is 7.78. The van der Waals surface area contributed by atoms with E-state index in [-0.39, 0.29) is 11.7 Å². The summed E-state index contributed by atoms with van der Waals surface area (Å²) in [5.74, 6) is -0.894. The van der Waals surface area contributed by atoms with Gasteiger partial charge in [-0.1, -0.05) is 30.3 Å². The topological polar surface area (TPSA) is 60.3 Å². The number of alkyl halides is 1. The first-order chi connectivity index (χ1) is 12.1. The van der Waals surface area contributed by atoms with Crippen LogP contribution in [0.5, 0.6) is 5.75 Å². The van der Waals surface area contributed by atoms with Crippen molar-refractivity contribution in [2.45, 2.75) is 13.5 Å². The SMILES string of the molecule is CC(=O)Nc1ccc2c(c1)c(OC(=O)CF)cn2Cc1ccccc1. The smallest absolute Gasteiger partial charge is 0.343 e. The Bertz CT molecular complexity index is 919. The Morgan fingerprint density at radius 1 is 1.16 bits per heavy atom. The molecule has 0 spiro atoms. The number of benzene rings is 2. The number of fused-ring (bicyclic) bond motifs is 1. The van der Waals surface area contributed by atoms with Gasteiger partial charge >= 0.3 is 5.97 Å². The van der Waals surface area contributed by atoms with Crippen LogP contribution in [-0.2, 0) is 16.1 Å². The molecule has 1 amide bonds. The van der Waals surface area contributed by atoms with Gasteiger partial charge in [0.15, 0.2) is 12.4 Å². The normalized spacial score (nSPS) is 10.6. The van der Waals surface area contributed by atoms with Crippen molar-refractivity contribution in [3.05, 3.63) is 60.3 Å². The number of carbonyl (C=O) groups excluding carboxylic acids is 2. The Morgan fingerprint density at radius 3 is 2.60 bits per heavy atom. The van der Waals surface area contributed by atoms with Gasteiger partial charge in [0.05, 0.1) is 5.52 Å². The van der Waals surface area contributed by atoms with Gasteiger partial charge in [-0.05, 0) is 23.8 Å². The second-order valence-corrected chi connectivity index (χ2v) is 5.63. The van der Waals surface area contributed by atoms with E-state index in [2.05, 4.69) is 5.32 Å². The Morgan fingerprint density at radius 2 is 1.92 bits per heavy atom. The van der Waals surface area contributed by atoms with E-state index in [1.807, 2.05) is 41.0 Å². The quantitative estimate of drug-likeness (QED) is 0.723. The molecule has 1 aromatic heterocycles. The molecule has 3 aromatic rings. The maximum Gasteiger partial charge on any atom is 0.343 e. The number of hydrogen-bond acceptors (Lipinski definition) is 3. The number of hydrogen-bond donors (Lipinski definition) is 1. The van der Waals surface area contributed by atoms with E-state index in [4.69, 9.17) is 4.74 Å². The summed E-state index contributed by atoms with van der Waals surface area (Å²) in [5.41, 5.74) is 2.48. The van der Waals surface area contributed by atoms with E-state index in [0.29, 0.717) is 17.6 Å². The minimum atomic E-state index is -1.20. The molecule has 0 unspecified atom stereocenters. The number of esters is 1. The third-order valence-corrected chi connectivity index (χ3v) is 3.69. The van der Waals surface area contributed by atoms with Gasteiger partial charge in [0, 0.05) is 30.7 Å². The van der Waals surface area contributed by atoms with Crippen LogP contribution in [-0.4, -0.2) is 23.1 Å². The molecule has 0 aliphatic heterocycles. The van der Waals surface area contributed by atoms with Crippen LogP contribution < -0.4 is 10.1 Å². The Hall–Kier alpha value is -3.15. The molecule has 5 nitrogen and oxygen atoms in total. The molecular formula is C19H17FN2O3. The number of aromatic nitrogens is 1. The average molecular weight is 340 g/mol. The minimum absolute atomic E-state index is 0.203. The number of anilines is 1. The highest BCUT2D eigenvalue weighted by Crippen LogP contribution is 2.31. The fourth-order valence-electron chi connectivity index (χ4n) is 2.69. The second-order valence-electron chi connectivity index (χ2n) is 5.63. The predicted molar refractivity (Wildman–Crippen MR) is 93.4 cm³/mol. The molecule has 25 heavy (non-hydrogen) atoms. The highest BCUT2D eigenvalue weighted by Gasteiger charge is 2.14. The summed E-state index contributed by atoms with van der Waals surface area (Å²) >= 11 is 0. The van der Waals surface area contributed by atoms with Crippen LogP contribution in [0, 0.1) is 0 Å². The lowest BCUT2D eigenvalue weighted by molar-refractivity contribution is -0.135. The average Bonchev–Trinajstić information content (AvgIpc) is 2.92. The fraction of sp³-hybridized carbons (Fsp3) is 0.158. The van der Waals surface area contributed by atoms with Crippen molar-refractivity contribution in [1.82, 2.24) is 4.57 Å². The van der Waals surface area contributed by atoms with Crippen molar-refractivity contribution in [2.75, 3.05) is 12.0 Å². The van der Waals surface area contributed by atoms with Crippen molar-refractivity contribution in [1.29, 1.82) is 0 Å². The van der Waals surface area contributed by atoms with Crippen molar-refractivity contribution >= 4 is 28.5 Å². The summed E-state index contributed by atoms with van der Waals surface area (Å²) in [6.45, 7) is 0.787. The van der Waals surface area contributed by atoms with Crippen LogP contribution >= 0.6 is 0 Å². The summed E-state index contributed by atoms with van der Waals surface area (Å²) in [7, 11) is 0. The molecule has 0 aliphatic rings. The molecular weight excluding hydrogens is 323 g/mol. The predicted octanol–water partition coefficient (Wildman–Crippen LogP) is 3.52. The van der Waals surface area contributed by atoms with Crippen LogP contribution in [0.25, 0.3) is 10.9 Å². The number of nitrogens with one attached hydrogen (secondary N) is 1. The lowest BCUT2D eigenvalue weighted by Crippen LogP contribution is -2.09. The van der Waals surface area contributed by atoms with Gasteiger partial charge in [0.25, 0.3) is 0 Å². The molecule has 1 heterocycles. The van der Waals surface area contributed by atoms with Crippen LogP contribution in [0.1, 0.15) is 12.5 Å². The largest absolute Gasteiger partial charge is 0.422 e. The van der Waals surface area contributed by atoms with E-state index >= 15 is 0 Å². The highest BCUT2D eigenvalue weighted by molar-refractivity contribution is 5.96. The van der Waals surface area contributed by atoms with E-state index in [1.165, 1.54) is 6.92 Å². The number of carbonyl (C=O) groups is 2. The van der Waals surface area contributed by atoms with Crippen LogP contribution in [0.15, 0.2) is 54.7 Å². The molecule has 6 heteroatoms. The molecule has 0 radical (unpaired) electrons. The number of ether oxygens (including phenoxy) is 1.